The third-order valence-corrected chi connectivity index (χ3v) is 6.61. The van der Waals surface area contributed by atoms with Gasteiger partial charge in [-0.05, 0) is 36.8 Å². The first-order chi connectivity index (χ1) is 14.6. The second-order valence-electron chi connectivity index (χ2n) is 7.46. The highest BCUT2D eigenvalue weighted by Gasteiger charge is 2.31. The third-order valence-electron chi connectivity index (χ3n) is 5.54. The van der Waals surface area contributed by atoms with Crippen LogP contribution in [-0.4, -0.2) is 50.8 Å². The zero-order valence-electron chi connectivity index (χ0n) is 16.6. The van der Waals surface area contributed by atoms with E-state index in [-0.39, 0.29) is 17.7 Å². The molecule has 0 saturated carbocycles. The van der Waals surface area contributed by atoms with Crippen LogP contribution >= 0.6 is 11.3 Å². The van der Waals surface area contributed by atoms with Crippen LogP contribution in [0.5, 0.6) is 5.88 Å². The predicted octanol–water partition coefficient (Wildman–Crippen LogP) is 3.86. The molecule has 0 aliphatic carbocycles. The van der Waals surface area contributed by atoms with Gasteiger partial charge in [0.15, 0.2) is 0 Å². The maximum atomic E-state index is 13.6. The zero-order chi connectivity index (χ0) is 20.7. The van der Waals surface area contributed by atoms with Gasteiger partial charge in [0, 0.05) is 31.9 Å². The van der Waals surface area contributed by atoms with Gasteiger partial charge in [-0.3, -0.25) is 4.90 Å². The number of aromatic nitrogens is 3. The zero-order valence-corrected chi connectivity index (χ0v) is 17.4. The van der Waals surface area contributed by atoms with Crippen molar-refractivity contribution in [2.45, 2.75) is 13.0 Å². The SMILES string of the molecule is Cc1nc2sc([C@H](c3ccc(F)cc3)N3CCN(c4ccccc4)CC3)c(O)n2n1. The highest BCUT2D eigenvalue weighted by molar-refractivity contribution is 7.17. The van der Waals surface area contributed by atoms with Crippen LogP contribution in [0, 0.1) is 12.7 Å². The number of aromatic hydroxyl groups is 1. The number of nitrogens with zero attached hydrogens (tertiary/aromatic N) is 5. The molecule has 0 bridgehead atoms. The van der Waals surface area contributed by atoms with Crippen molar-refractivity contribution >= 4 is 22.0 Å². The standard InChI is InChI=1S/C22H22FN5OS/c1-15-24-22-28(25-15)21(29)20(30-22)19(16-7-9-17(23)10-8-16)27-13-11-26(12-14-27)18-5-3-2-4-6-18/h2-10,19,29H,11-14H2,1H3/t19-/m0/s1. The number of aryl methyl sites for hydroxylation is 1. The topological polar surface area (TPSA) is 56.9 Å². The molecule has 0 spiro atoms. The molecule has 8 heteroatoms. The van der Waals surface area contributed by atoms with Crippen LogP contribution in [0.2, 0.25) is 0 Å². The molecule has 1 aliphatic heterocycles. The van der Waals surface area contributed by atoms with Gasteiger partial charge in [0.05, 0.1) is 10.9 Å². The largest absolute Gasteiger partial charge is 0.492 e. The molecule has 1 N–H and O–H groups in total. The summed E-state index contributed by atoms with van der Waals surface area (Å²) in [6.45, 7) is 5.20. The molecule has 2 aromatic heterocycles. The van der Waals surface area contributed by atoms with Crippen LogP contribution in [0.4, 0.5) is 10.1 Å². The molecule has 1 fully saturated rings. The highest BCUT2D eigenvalue weighted by atomic mass is 32.1. The lowest BCUT2D eigenvalue weighted by Crippen LogP contribution is -2.47. The lowest BCUT2D eigenvalue weighted by atomic mass is 10.0. The van der Waals surface area contributed by atoms with Gasteiger partial charge in [0.1, 0.15) is 11.6 Å². The van der Waals surface area contributed by atoms with Crippen LogP contribution in [-0.2, 0) is 0 Å². The Balaban J connectivity index is 1.48. The monoisotopic (exact) mass is 423 g/mol. The normalized spacial score (nSPS) is 16.3. The van der Waals surface area contributed by atoms with Crippen LogP contribution in [0.15, 0.2) is 54.6 Å². The number of hydrogen-bond acceptors (Lipinski definition) is 6. The lowest BCUT2D eigenvalue weighted by Gasteiger charge is -2.40. The van der Waals surface area contributed by atoms with Crippen molar-refractivity contribution in [3.63, 3.8) is 0 Å². The van der Waals surface area contributed by atoms with Gasteiger partial charge in [-0.25, -0.2) is 9.37 Å². The molecule has 4 aromatic rings. The van der Waals surface area contributed by atoms with E-state index in [1.165, 1.54) is 33.7 Å². The fourth-order valence-electron chi connectivity index (χ4n) is 4.08. The molecule has 154 valence electrons. The van der Waals surface area contributed by atoms with E-state index in [1.807, 2.05) is 6.07 Å². The van der Waals surface area contributed by atoms with Gasteiger partial charge >= 0.3 is 0 Å². The number of halogens is 1. The van der Waals surface area contributed by atoms with Crippen molar-refractivity contribution in [3.8, 4) is 5.88 Å². The number of anilines is 1. The van der Waals surface area contributed by atoms with E-state index in [4.69, 9.17) is 0 Å². The smallest absolute Gasteiger partial charge is 0.230 e. The Bertz CT molecular complexity index is 1150. The molecule has 6 nitrogen and oxygen atoms in total. The Morgan fingerprint density at radius 3 is 2.37 bits per heavy atom. The van der Waals surface area contributed by atoms with Crippen molar-refractivity contribution in [3.05, 3.63) is 76.7 Å². The lowest BCUT2D eigenvalue weighted by molar-refractivity contribution is 0.211. The van der Waals surface area contributed by atoms with E-state index in [0.29, 0.717) is 10.8 Å². The third kappa shape index (κ3) is 3.42. The fourth-order valence-corrected chi connectivity index (χ4v) is 5.24. The molecule has 0 unspecified atom stereocenters. The van der Waals surface area contributed by atoms with Gasteiger partial charge in [-0.15, -0.1) is 5.10 Å². The van der Waals surface area contributed by atoms with Gasteiger partial charge in [0.25, 0.3) is 0 Å². The minimum atomic E-state index is -0.270. The van der Waals surface area contributed by atoms with Crippen LogP contribution in [0.3, 0.4) is 0 Å². The number of fused-ring (bicyclic) bond motifs is 1. The van der Waals surface area contributed by atoms with Gasteiger partial charge in [-0.2, -0.15) is 4.52 Å². The first-order valence-electron chi connectivity index (χ1n) is 9.94. The number of piperazine rings is 1. The van der Waals surface area contributed by atoms with Gasteiger partial charge in [0.2, 0.25) is 10.8 Å². The van der Waals surface area contributed by atoms with Crippen LogP contribution in [0.25, 0.3) is 4.96 Å². The molecule has 2 aromatic carbocycles. The summed E-state index contributed by atoms with van der Waals surface area (Å²) in [5.41, 5.74) is 2.16. The number of rotatable bonds is 4. The Morgan fingerprint density at radius 1 is 1.00 bits per heavy atom. The van der Waals surface area contributed by atoms with Crippen molar-refractivity contribution in [2.75, 3.05) is 31.1 Å². The maximum Gasteiger partial charge on any atom is 0.230 e. The molecule has 1 atom stereocenters. The molecule has 0 radical (unpaired) electrons. The average molecular weight is 424 g/mol. The molecule has 30 heavy (non-hydrogen) atoms. The quantitative estimate of drug-likeness (QED) is 0.540. The van der Waals surface area contributed by atoms with Crippen LogP contribution in [0.1, 0.15) is 22.3 Å². The molecule has 5 rings (SSSR count). The van der Waals surface area contributed by atoms with Crippen molar-refractivity contribution in [1.82, 2.24) is 19.5 Å². The Morgan fingerprint density at radius 2 is 1.70 bits per heavy atom. The van der Waals surface area contributed by atoms with E-state index < -0.39 is 0 Å². The minimum Gasteiger partial charge on any atom is -0.492 e. The Labute approximate surface area is 177 Å². The minimum absolute atomic E-state index is 0.107. The molecule has 1 aliphatic rings. The van der Waals surface area contributed by atoms with Crippen LogP contribution < -0.4 is 4.90 Å². The summed E-state index contributed by atoms with van der Waals surface area (Å²) >= 11 is 1.43. The van der Waals surface area contributed by atoms with E-state index in [9.17, 15) is 9.50 Å². The van der Waals surface area contributed by atoms with E-state index in [0.717, 1.165) is 36.6 Å². The van der Waals surface area contributed by atoms with Crippen molar-refractivity contribution in [1.29, 1.82) is 0 Å². The second kappa shape index (κ2) is 7.70. The first-order valence-corrected chi connectivity index (χ1v) is 10.8. The van der Waals surface area contributed by atoms with Crippen molar-refractivity contribution in [2.24, 2.45) is 0 Å². The Kier molecular flexibility index (Phi) is 4.88. The second-order valence-corrected chi connectivity index (χ2v) is 8.47. The van der Waals surface area contributed by atoms with Crippen molar-refractivity contribution < 1.29 is 9.50 Å². The molecule has 1 saturated heterocycles. The summed E-state index contributed by atoms with van der Waals surface area (Å²) in [5.74, 6) is 0.460. The molecular weight excluding hydrogens is 401 g/mol. The summed E-state index contributed by atoms with van der Waals surface area (Å²) in [6, 6.07) is 16.7. The molecular formula is C22H22FN5OS. The summed E-state index contributed by atoms with van der Waals surface area (Å²) < 4.78 is 15.1. The first kappa shape index (κ1) is 19.0. The summed E-state index contributed by atoms with van der Waals surface area (Å²) in [7, 11) is 0. The fraction of sp³-hybridized carbons (Fsp3) is 0.273. The van der Waals surface area contributed by atoms with E-state index in [1.54, 1.807) is 19.1 Å². The summed E-state index contributed by atoms with van der Waals surface area (Å²) in [5, 5.41) is 15.2. The number of benzene rings is 2. The van der Waals surface area contributed by atoms with E-state index in [2.05, 4.69) is 44.1 Å². The summed E-state index contributed by atoms with van der Waals surface area (Å²) in [4.78, 5) is 10.6. The molecule has 3 heterocycles. The maximum absolute atomic E-state index is 13.6. The van der Waals surface area contributed by atoms with E-state index >= 15 is 0 Å². The summed E-state index contributed by atoms with van der Waals surface area (Å²) in [6.07, 6.45) is 0. The van der Waals surface area contributed by atoms with Gasteiger partial charge in [-0.1, -0.05) is 41.7 Å². The average Bonchev–Trinajstić information content (AvgIpc) is 3.28. The Hall–Kier alpha value is -2.97. The highest BCUT2D eigenvalue weighted by Crippen LogP contribution is 2.40. The number of hydrogen-bond donors (Lipinski definition) is 1. The predicted molar refractivity (Wildman–Crippen MR) is 116 cm³/mol. The number of thiazole rings is 1. The molecule has 0 amide bonds. The van der Waals surface area contributed by atoms with Gasteiger partial charge < -0.3 is 10.0 Å². The number of para-hydroxylation sites is 1.